The van der Waals surface area contributed by atoms with Crippen LogP contribution in [-0.4, -0.2) is 37.2 Å². The highest BCUT2D eigenvalue weighted by atomic mass is 16.6. The molecule has 0 spiro atoms. The van der Waals surface area contributed by atoms with E-state index in [9.17, 15) is 14.4 Å². The molecule has 0 unspecified atom stereocenters. The lowest BCUT2D eigenvalue weighted by atomic mass is 10.0. The fourth-order valence-electron chi connectivity index (χ4n) is 9.71. The number of esters is 3. The zero-order chi connectivity index (χ0) is 50.5. The summed E-state index contributed by atoms with van der Waals surface area (Å²) in [5.74, 6) is 1.67. The molecule has 0 bridgehead atoms. The van der Waals surface area contributed by atoms with Gasteiger partial charge in [-0.1, -0.05) is 311 Å². The number of carbonyl (C=O) groups is 3. The van der Waals surface area contributed by atoms with Crippen LogP contribution in [0.15, 0.2) is 0 Å². The van der Waals surface area contributed by atoms with Crippen LogP contribution in [0.3, 0.4) is 0 Å². The molecule has 69 heavy (non-hydrogen) atoms. The van der Waals surface area contributed by atoms with Crippen molar-refractivity contribution in [2.24, 2.45) is 17.8 Å². The van der Waals surface area contributed by atoms with Crippen LogP contribution in [0.4, 0.5) is 0 Å². The van der Waals surface area contributed by atoms with Gasteiger partial charge < -0.3 is 14.2 Å². The monoisotopic (exact) mass is 975 g/mol. The van der Waals surface area contributed by atoms with Gasteiger partial charge in [0.25, 0.3) is 0 Å². The predicted molar refractivity (Wildman–Crippen MR) is 298 cm³/mol. The van der Waals surface area contributed by atoms with Gasteiger partial charge in [0.05, 0.1) is 0 Å². The highest BCUT2D eigenvalue weighted by molar-refractivity contribution is 5.71. The lowest BCUT2D eigenvalue weighted by Crippen LogP contribution is -2.30. The summed E-state index contributed by atoms with van der Waals surface area (Å²) in [5, 5.41) is 0. The van der Waals surface area contributed by atoms with Gasteiger partial charge in [0.1, 0.15) is 13.2 Å². The molecule has 0 saturated carbocycles. The van der Waals surface area contributed by atoms with Crippen molar-refractivity contribution in [2.75, 3.05) is 13.2 Å². The molecule has 0 N–H and O–H groups in total. The SMILES string of the molecule is CC(C)CCCCCCCCCCCCCCCCCCCCC(=O)O[C@@H](COC(=O)CCCCCCCCCCCCCCCCCCC(C)C)COC(=O)CCCCCCCCCCC(C)C. The zero-order valence-electron chi connectivity index (χ0n) is 47.6. The first-order valence-electron chi connectivity index (χ1n) is 31.1. The fourth-order valence-corrected chi connectivity index (χ4v) is 9.71. The first kappa shape index (κ1) is 67.4. The number of ether oxygens (including phenoxy) is 3. The Bertz CT molecular complexity index is 1070. The lowest BCUT2D eigenvalue weighted by molar-refractivity contribution is -0.167. The second-order valence-corrected chi connectivity index (χ2v) is 23.1. The highest BCUT2D eigenvalue weighted by Gasteiger charge is 2.19. The van der Waals surface area contributed by atoms with Crippen molar-refractivity contribution >= 4 is 17.9 Å². The van der Waals surface area contributed by atoms with Gasteiger partial charge in [-0.25, -0.2) is 0 Å². The number of rotatable bonds is 56. The van der Waals surface area contributed by atoms with E-state index in [1.807, 2.05) is 0 Å². The predicted octanol–water partition coefficient (Wildman–Crippen LogP) is 20.7. The van der Waals surface area contributed by atoms with Crippen LogP contribution >= 0.6 is 0 Å². The molecule has 0 aliphatic rings. The smallest absolute Gasteiger partial charge is 0.306 e. The Morgan fingerprint density at radius 2 is 0.420 bits per heavy atom. The van der Waals surface area contributed by atoms with E-state index in [2.05, 4.69) is 41.5 Å². The van der Waals surface area contributed by atoms with Crippen LogP contribution in [0.2, 0.25) is 0 Å². The maximum Gasteiger partial charge on any atom is 0.306 e. The first-order valence-corrected chi connectivity index (χ1v) is 31.1. The van der Waals surface area contributed by atoms with Gasteiger partial charge in [-0.05, 0) is 37.0 Å². The van der Waals surface area contributed by atoms with E-state index >= 15 is 0 Å². The van der Waals surface area contributed by atoms with Crippen LogP contribution < -0.4 is 0 Å². The molecule has 0 aliphatic heterocycles. The number of hydrogen-bond donors (Lipinski definition) is 0. The molecule has 1 atom stereocenters. The minimum atomic E-state index is -0.764. The quantitative estimate of drug-likeness (QED) is 0.0343. The van der Waals surface area contributed by atoms with Crippen LogP contribution in [0.1, 0.15) is 350 Å². The van der Waals surface area contributed by atoms with Gasteiger partial charge in [-0.3, -0.25) is 14.4 Å². The second-order valence-electron chi connectivity index (χ2n) is 23.1. The summed E-state index contributed by atoms with van der Waals surface area (Å²) >= 11 is 0. The third kappa shape index (κ3) is 57.2. The Hall–Kier alpha value is -1.59. The van der Waals surface area contributed by atoms with Gasteiger partial charge in [-0.15, -0.1) is 0 Å². The largest absolute Gasteiger partial charge is 0.462 e. The minimum Gasteiger partial charge on any atom is -0.462 e. The van der Waals surface area contributed by atoms with Crippen molar-refractivity contribution in [2.45, 2.75) is 356 Å². The molecule has 6 heteroatoms. The normalized spacial score (nSPS) is 12.1. The van der Waals surface area contributed by atoms with E-state index in [-0.39, 0.29) is 31.1 Å². The Morgan fingerprint density at radius 3 is 0.623 bits per heavy atom. The number of unbranched alkanes of at least 4 members (excludes halogenated alkanes) is 39. The average molecular weight is 976 g/mol. The van der Waals surface area contributed by atoms with Crippen molar-refractivity contribution < 1.29 is 28.6 Å². The molecule has 6 nitrogen and oxygen atoms in total. The molecule has 0 aromatic heterocycles. The van der Waals surface area contributed by atoms with E-state index in [4.69, 9.17) is 14.2 Å². The molecule has 410 valence electrons. The molecule has 0 radical (unpaired) electrons. The second kappa shape index (κ2) is 54.2. The van der Waals surface area contributed by atoms with Crippen molar-refractivity contribution in [3.05, 3.63) is 0 Å². The van der Waals surface area contributed by atoms with E-state index in [0.29, 0.717) is 19.3 Å². The van der Waals surface area contributed by atoms with Crippen molar-refractivity contribution in [1.29, 1.82) is 0 Å². The summed E-state index contributed by atoms with van der Waals surface area (Å²) in [6.07, 6.45) is 58.3. The summed E-state index contributed by atoms with van der Waals surface area (Å²) in [7, 11) is 0. The van der Waals surface area contributed by atoms with Crippen molar-refractivity contribution in [1.82, 2.24) is 0 Å². The molecule has 0 heterocycles. The third-order valence-electron chi connectivity index (χ3n) is 14.4. The summed E-state index contributed by atoms with van der Waals surface area (Å²) in [6, 6.07) is 0. The standard InChI is InChI=1S/C63H122O6/c1-57(2)49-43-37-31-25-21-17-13-9-7-8-10-16-20-24-28-36-42-48-54-63(66)69-60(56-68-62(65)53-47-41-35-30-29-33-39-45-51-59(5)6)55-67-61(64)52-46-40-34-27-23-19-15-12-11-14-18-22-26-32-38-44-50-58(3)4/h57-60H,7-56H2,1-6H3/t60-/m0/s1. The van der Waals surface area contributed by atoms with Crippen molar-refractivity contribution in [3.8, 4) is 0 Å². The molecule has 0 rings (SSSR count). The van der Waals surface area contributed by atoms with E-state index in [1.165, 1.54) is 231 Å². The third-order valence-corrected chi connectivity index (χ3v) is 14.4. The maximum atomic E-state index is 12.9. The lowest BCUT2D eigenvalue weighted by Gasteiger charge is -2.18. The van der Waals surface area contributed by atoms with Gasteiger partial charge in [0, 0.05) is 19.3 Å². The molecule has 0 amide bonds. The molecule has 0 aliphatic carbocycles. The van der Waals surface area contributed by atoms with Gasteiger partial charge in [0.2, 0.25) is 0 Å². The van der Waals surface area contributed by atoms with Crippen molar-refractivity contribution in [3.63, 3.8) is 0 Å². The molecule has 0 fully saturated rings. The summed E-state index contributed by atoms with van der Waals surface area (Å²) in [4.78, 5) is 38.2. The minimum absolute atomic E-state index is 0.0633. The Balaban J connectivity index is 4.22. The first-order chi connectivity index (χ1) is 33.6. The average Bonchev–Trinajstić information content (AvgIpc) is 3.31. The van der Waals surface area contributed by atoms with Crippen LogP contribution in [-0.2, 0) is 28.6 Å². The molecular formula is C63H122O6. The van der Waals surface area contributed by atoms with Crippen LogP contribution in [0.5, 0.6) is 0 Å². The maximum absolute atomic E-state index is 12.9. The highest BCUT2D eigenvalue weighted by Crippen LogP contribution is 2.19. The Kier molecular flexibility index (Phi) is 52.9. The summed E-state index contributed by atoms with van der Waals surface area (Å²) < 4.78 is 16.9. The summed E-state index contributed by atoms with van der Waals surface area (Å²) in [5.41, 5.74) is 0. The van der Waals surface area contributed by atoms with E-state index in [1.54, 1.807) is 0 Å². The number of carbonyl (C=O) groups excluding carboxylic acids is 3. The van der Waals surface area contributed by atoms with E-state index < -0.39 is 6.10 Å². The topological polar surface area (TPSA) is 78.9 Å². The zero-order valence-corrected chi connectivity index (χ0v) is 47.6. The molecule has 0 aromatic rings. The van der Waals surface area contributed by atoms with Gasteiger partial charge in [0.15, 0.2) is 6.10 Å². The Labute approximate surface area is 431 Å². The number of hydrogen-bond acceptors (Lipinski definition) is 6. The van der Waals surface area contributed by atoms with Gasteiger partial charge >= 0.3 is 17.9 Å². The van der Waals surface area contributed by atoms with Gasteiger partial charge in [-0.2, -0.15) is 0 Å². The molecule has 0 saturated heterocycles. The Morgan fingerprint density at radius 1 is 0.246 bits per heavy atom. The molecule has 0 aromatic carbocycles. The van der Waals surface area contributed by atoms with Crippen LogP contribution in [0, 0.1) is 17.8 Å². The molecular weight excluding hydrogens is 853 g/mol. The van der Waals surface area contributed by atoms with E-state index in [0.717, 1.165) is 75.5 Å². The van der Waals surface area contributed by atoms with Crippen LogP contribution in [0.25, 0.3) is 0 Å². The summed E-state index contributed by atoms with van der Waals surface area (Å²) in [6.45, 7) is 13.8. The fraction of sp³-hybridized carbons (Fsp3) is 0.952.